The first kappa shape index (κ1) is 10.4. The Bertz CT molecular complexity index is 197. The molecule has 0 aliphatic carbocycles. The van der Waals surface area contributed by atoms with E-state index in [9.17, 15) is 15.0 Å². The lowest BCUT2D eigenvalue weighted by atomic mass is 9.92. The van der Waals surface area contributed by atoms with Crippen molar-refractivity contribution < 1.29 is 24.9 Å². The summed E-state index contributed by atoms with van der Waals surface area (Å²) < 4.78 is 4.92. The first-order chi connectivity index (χ1) is 6.07. The highest BCUT2D eigenvalue weighted by Crippen LogP contribution is 2.19. The lowest BCUT2D eigenvalue weighted by Gasteiger charge is -2.35. The highest BCUT2D eigenvalue weighted by atomic mass is 16.5. The number of hydrogen-bond acceptors (Lipinski definition) is 5. The summed E-state index contributed by atoms with van der Waals surface area (Å²) in [6.45, 7) is -0.470. The van der Waals surface area contributed by atoms with Gasteiger partial charge in [-0.05, 0) is 0 Å². The summed E-state index contributed by atoms with van der Waals surface area (Å²) in [4.78, 5) is 10.7. The summed E-state index contributed by atoms with van der Waals surface area (Å²) in [5.41, 5.74) is 4.95. The third kappa shape index (κ3) is 1.97. The SMILES string of the molecule is NC(=O)[C@@H]1CO[C@H](CO)[C@H](O)[C@@H]1O. The Morgan fingerprint density at radius 2 is 2.08 bits per heavy atom. The molecule has 0 aromatic carbocycles. The van der Waals surface area contributed by atoms with Crippen molar-refractivity contribution in [2.75, 3.05) is 13.2 Å². The molecule has 0 bridgehead atoms. The number of nitrogens with two attached hydrogens (primary N) is 1. The topological polar surface area (TPSA) is 113 Å². The summed E-state index contributed by atoms with van der Waals surface area (Å²) in [6, 6.07) is 0. The fraction of sp³-hybridized carbons (Fsp3) is 0.857. The van der Waals surface area contributed by atoms with Gasteiger partial charge < -0.3 is 25.8 Å². The van der Waals surface area contributed by atoms with Crippen molar-refractivity contribution in [2.24, 2.45) is 11.7 Å². The van der Waals surface area contributed by atoms with Crippen LogP contribution in [-0.2, 0) is 9.53 Å². The average molecular weight is 191 g/mol. The normalized spacial score (nSPS) is 40.2. The summed E-state index contributed by atoms with van der Waals surface area (Å²) >= 11 is 0. The fourth-order valence-corrected chi connectivity index (χ4v) is 1.29. The summed E-state index contributed by atoms with van der Waals surface area (Å²) in [7, 11) is 0. The van der Waals surface area contributed by atoms with Gasteiger partial charge in [-0.15, -0.1) is 0 Å². The number of carbonyl (C=O) groups excluding carboxylic acids is 1. The van der Waals surface area contributed by atoms with E-state index >= 15 is 0 Å². The van der Waals surface area contributed by atoms with Crippen LogP contribution in [0.1, 0.15) is 0 Å². The molecule has 1 aliphatic rings. The standard InChI is InChI=1S/C7H13NO5/c8-7(12)3-2-13-4(1-9)6(11)5(3)10/h3-6,9-11H,1-2H2,(H2,8,12)/t3-,4-,5-,6+/m1/s1. The number of primary amides is 1. The molecule has 1 heterocycles. The molecular formula is C7H13NO5. The molecule has 0 radical (unpaired) electrons. The van der Waals surface area contributed by atoms with Gasteiger partial charge in [-0.2, -0.15) is 0 Å². The molecule has 4 atom stereocenters. The molecule has 1 amide bonds. The van der Waals surface area contributed by atoms with Crippen LogP contribution in [0.15, 0.2) is 0 Å². The number of amides is 1. The molecule has 6 heteroatoms. The fourth-order valence-electron chi connectivity index (χ4n) is 1.29. The van der Waals surface area contributed by atoms with Crippen LogP contribution in [0.4, 0.5) is 0 Å². The van der Waals surface area contributed by atoms with Crippen LogP contribution in [0.3, 0.4) is 0 Å². The molecule has 0 saturated carbocycles. The number of aliphatic hydroxyl groups excluding tert-OH is 3. The molecule has 0 spiro atoms. The molecule has 1 fully saturated rings. The maximum atomic E-state index is 10.7. The number of hydrogen-bond donors (Lipinski definition) is 4. The van der Waals surface area contributed by atoms with Crippen molar-refractivity contribution >= 4 is 5.91 Å². The Morgan fingerprint density at radius 3 is 2.54 bits per heavy atom. The predicted molar refractivity (Wildman–Crippen MR) is 41.5 cm³/mol. The zero-order chi connectivity index (χ0) is 10.0. The monoisotopic (exact) mass is 191 g/mol. The van der Waals surface area contributed by atoms with Gasteiger partial charge in [0.05, 0.1) is 25.2 Å². The third-order valence-corrected chi connectivity index (χ3v) is 2.18. The molecule has 6 nitrogen and oxygen atoms in total. The lowest BCUT2D eigenvalue weighted by molar-refractivity contribution is -0.179. The van der Waals surface area contributed by atoms with E-state index in [4.69, 9.17) is 15.6 Å². The van der Waals surface area contributed by atoms with Crippen LogP contribution < -0.4 is 5.73 Å². The van der Waals surface area contributed by atoms with Crippen molar-refractivity contribution in [1.82, 2.24) is 0 Å². The Labute approximate surface area is 74.9 Å². The summed E-state index contributed by atoms with van der Waals surface area (Å²) in [6.07, 6.45) is -3.37. The largest absolute Gasteiger partial charge is 0.394 e. The van der Waals surface area contributed by atoms with Crippen molar-refractivity contribution in [2.45, 2.75) is 18.3 Å². The number of rotatable bonds is 2. The van der Waals surface area contributed by atoms with Crippen LogP contribution in [0.5, 0.6) is 0 Å². The molecule has 0 aromatic rings. The Morgan fingerprint density at radius 1 is 1.46 bits per heavy atom. The highest BCUT2D eigenvalue weighted by Gasteiger charge is 2.40. The second-order valence-electron chi connectivity index (χ2n) is 3.04. The van der Waals surface area contributed by atoms with Crippen molar-refractivity contribution in [3.05, 3.63) is 0 Å². The molecule has 5 N–H and O–H groups in total. The zero-order valence-corrected chi connectivity index (χ0v) is 6.96. The van der Waals surface area contributed by atoms with E-state index in [1.165, 1.54) is 0 Å². The second kappa shape index (κ2) is 4.01. The van der Waals surface area contributed by atoms with E-state index in [-0.39, 0.29) is 6.61 Å². The van der Waals surface area contributed by atoms with E-state index in [1.54, 1.807) is 0 Å². The first-order valence-corrected chi connectivity index (χ1v) is 3.95. The van der Waals surface area contributed by atoms with Gasteiger partial charge in [-0.25, -0.2) is 0 Å². The van der Waals surface area contributed by atoms with Crippen LogP contribution in [0, 0.1) is 5.92 Å². The molecule has 1 aliphatic heterocycles. The van der Waals surface area contributed by atoms with Crippen LogP contribution >= 0.6 is 0 Å². The molecule has 0 unspecified atom stereocenters. The summed E-state index contributed by atoms with van der Waals surface area (Å²) in [5.74, 6) is -1.62. The smallest absolute Gasteiger partial charge is 0.225 e. The van der Waals surface area contributed by atoms with Crippen LogP contribution in [-0.4, -0.2) is 52.8 Å². The van der Waals surface area contributed by atoms with Gasteiger partial charge in [0, 0.05) is 0 Å². The lowest BCUT2D eigenvalue weighted by Crippen LogP contribution is -2.54. The quantitative estimate of drug-likeness (QED) is 0.376. The van der Waals surface area contributed by atoms with Gasteiger partial charge >= 0.3 is 0 Å². The molecule has 76 valence electrons. The Kier molecular flexibility index (Phi) is 3.21. The second-order valence-corrected chi connectivity index (χ2v) is 3.04. The van der Waals surface area contributed by atoms with Crippen molar-refractivity contribution in [3.63, 3.8) is 0 Å². The van der Waals surface area contributed by atoms with Gasteiger partial charge in [0.15, 0.2) is 0 Å². The van der Waals surface area contributed by atoms with E-state index in [0.717, 1.165) is 0 Å². The van der Waals surface area contributed by atoms with Crippen LogP contribution in [0.25, 0.3) is 0 Å². The first-order valence-electron chi connectivity index (χ1n) is 3.95. The Balaban J connectivity index is 2.64. The Hall–Kier alpha value is -0.690. The minimum atomic E-state index is -1.27. The van der Waals surface area contributed by atoms with Crippen molar-refractivity contribution in [3.8, 4) is 0 Å². The predicted octanol–water partition coefficient (Wildman–Crippen LogP) is -2.80. The molecule has 13 heavy (non-hydrogen) atoms. The molecular weight excluding hydrogens is 178 g/mol. The van der Waals surface area contributed by atoms with Gasteiger partial charge in [0.1, 0.15) is 12.2 Å². The third-order valence-electron chi connectivity index (χ3n) is 2.18. The average Bonchev–Trinajstić information content (AvgIpc) is 2.09. The molecule has 1 saturated heterocycles. The minimum absolute atomic E-state index is 0.0706. The van der Waals surface area contributed by atoms with Gasteiger partial charge in [0.2, 0.25) is 5.91 Å². The van der Waals surface area contributed by atoms with E-state index in [0.29, 0.717) is 0 Å². The highest BCUT2D eigenvalue weighted by molar-refractivity contribution is 5.77. The van der Waals surface area contributed by atoms with Crippen molar-refractivity contribution in [1.29, 1.82) is 0 Å². The minimum Gasteiger partial charge on any atom is -0.394 e. The van der Waals surface area contributed by atoms with Crippen LogP contribution in [0.2, 0.25) is 0 Å². The molecule has 1 rings (SSSR count). The zero-order valence-electron chi connectivity index (χ0n) is 6.96. The maximum Gasteiger partial charge on any atom is 0.225 e. The number of carbonyl (C=O) groups is 1. The number of aliphatic hydroxyl groups is 3. The van der Waals surface area contributed by atoms with Gasteiger partial charge in [0.25, 0.3) is 0 Å². The van der Waals surface area contributed by atoms with E-state index in [2.05, 4.69) is 0 Å². The van der Waals surface area contributed by atoms with Gasteiger partial charge in [-0.1, -0.05) is 0 Å². The van der Waals surface area contributed by atoms with E-state index in [1.807, 2.05) is 0 Å². The maximum absolute atomic E-state index is 10.7. The van der Waals surface area contributed by atoms with Gasteiger partial charge in [-0.3, -0.25) is 4.79 Å². The molecule has 0 aromatic heterocycles. The summed E-state index contributed by atoms with van der Waals surface area (Å²) in [5, 5.41) is 27.4. The number of ether oxygens (including phenoxy) is 1. The van der Waals surface area contributed by atoms with E-state index < -0.39 is 36.7 Å².